The first kappa shape index (κ1) is 26.2. The number of piperidine rings is 1. The van der Waals surface area contributed by atoms with Crippen molar-refractivity contribution in [1.29, 1.82) is 0 Å². The zero-order valence-electron chi connectivity index (χ0n) is 20.8. The third-order valence-corrected chi connectivity index (χ3v) is 7.03. The van der Waals surface area contributed by atoms with E-state index < -0.39 is 0 Å². The van der Waals surface area contributed by atoms with E-state index in [4.69, 9.17) is 32.5 Å². The molecule has 7 nitrogen and oxygen atoms in total. The molecule has 1 aliphatic heterocycles. The SMILES string of the molecule is O=C(Nc1cccc(OCCc2ccccc2)c1)C1CCCN(Cc2nc(-c3ccc(Cl)cc3Cl)no2)C1. The van der Waals surface area contributed by atoms with E-state index in [0.29, 0.717) is 47.0 Å². The molecule has 0 radical (unpaired) electrons. The Bertz CT molecular complexity index is 1380. The van der Waals surface area contributed by atoms with Gasteiger partial charge in [-0.3, -0.25) is 9.69 Å². The lowest BCUT2D eigenvalue weighted by atomic mass is 9.97. The van der Waals surface area contributed by atoms with Crippen molar-refractivity contribution in [3.05, 3.63) is 94.3 Å². The smallest absolute Gasteiger partial charge is 0.241 e. The van der Waals surface area contributed by atoms with Crippen LogP contribution in [-0.2, 0) is 17.8 Å². The van der Waals surface area contributed by atoms with Crippen LogP contribution in [-0.4, -0.2) is 40.6 Å². The molecule has 2 heterocycles. The van der Waals surface area contributed by atoms with Crippen molar-refractivity contribution in [2.45, 2.75) is 25.8 Å². The highest BCUT2D eigenvalue weighted by atomic mass is 35.5. The molecule has 1 fully saturated rings. The van der Waals surface area contributed by atoms with Crippen molar-refractivity contribution in [2.75, 3.05) is 25.0 Å². The first-order valence-electron chi connectivity index (χ1n) is 12.6. The van der Waals surface area contributed by atoms with Crippen LogP contribution in [0.3, 0.4) is 0 Å². The molecule has 1 saturated heterocycles. The number of nitrogens with one attached hydrogen (secondary N) is 1. The predicted molar refractivity (Wildman–Crippen MR) is 148 cm³/mol. The Balaban J connectivity index is 1.14. The number of carbonyl (C=O) groups excluding carboxylic acids is 1. The second-order valence-electron chi connectivity index (χ2n) is 9.31. The van der Waals surface area contributed by atoms with E-state index in [9.17, 15) is 4.79 Å². The number of nitrogens with zero attached hydrogens (tertiary/aromatic N) is 3. The van der Waals surface area contributed by atoms with Gasteiger partial charge < -0.3 is 14.6 Å². The Morgan fingerprint density at radius 1 is 1.08 bits per heavy atom. The lowest BCUT2D eigenvalue weighted by Crippen LogP contribution is -2.40. The fourth-order valence-electron chi connectivity index (χ4n) is 4.54. The molecule has 0 bridgehead atoms. The molecule has 0 aliphatic carbocycles. The minimum absolute atomic E-state index is 0.00435. The van der Waals surface area contributed by atoms with Gasteiger partial charge in [-0.2, -0.15) is 4.98 Å². The predicted octanol–water partition coefficient (Wildman–Crippen LogP) is 6.52. The molecule has 1 aromatic heterocycles. The van der Waals surface area contributed by atoms with Gasteiger partial charge in [0.1, 0.15) is 5.75 Å². The van der Waals surface area contributed by atoms with Gasteiger partial charge in [-0.15, -0.1) is 0 Å². The van der Waals surface area contributed by atoms with Crippen molar-refractivity contribution in [3.8, 4) is 17.1 Å². The van der Waals surface area contributed by atoms with Crippen LogP contribution in [0.15, 0.2) is 77.3 Å². The summed E-state index contributed by atoms with van der Waals surface area (Å²) in [4.78, 5) is 19.7. The number of likely N-dealkylation sites (tertiary alicyclic amines) is 1. The first-order chi connectivity index (χ1) is 18.5. The summed E-state index contributed by atoms with van der Waals surface area (Å²) in [6.07, 6.45) is 2.55. The highest BCUT2D eigenvalue weighted by Crippen LogP contribution is 2.29. The average molecular weight is 551 g/mol. The molecule has 196 valence electrons. The van der Waals surface area contributed by atoms with E-state index in [-0.39, 0.29) is 11.8 Å². The topological polar surface area (TPSA) is 80.5 Å². The minimum Gasteiger partial charge on any atom is -0.493 e. The molecular weight excluding hydrogens is 523 g/mol. The van der Waals surface area contributed by atoms with Crippen LogP contribution >= 0.6 is 23.2 Å². The monoisotopic (exact) mass is 550 g/mol. The molecule has 38 heavy (non-hydrogen) atoms. The Morgan fingerprint density at radius 3 is 2.79 bits per heavy atom. The lowest BCUT2D eigenvalue weighted by Gasteiger charge is -2.30. The van der Waals surface area contributed by atoms with Crippen molar-refractivity contribution < 1.29 is 14.1 Å². The summed E-state index contributed by atoms with van der Waals surface area (Å²) in [7, 11) is 0. The molecule has 1 amide bonds. The first-order valence-corrected chi connectivity index (χ1v) is 13.4. The third kappa shape index (κ3) is 6.92. The number of halogens is 2. The zero-order chi connectivity index (χ0) is 26.3. The van der Waals surface area contributed by atoms with Crippen molar-refractivity contribution >= 4 is 34.8 Å². The van der Waals surface area contributed by atoms with Crippen LogP contribution in [0.5, 0.6) is 5.75 Å². The lowest BCUT2D eigenvalue weighted by molar-refractivity contribution is -0.121. The van der Waals surface area contributed by atoms with Crippen LogP contribution in [0.4, 0.5) is 5.69 Å². The van der Waals surface area contributed by atoms with Gasteiger partial charge in [0.2, 0.25) is 17.6 Å². The van der Waals surface area contributed by atoms with Gasteiger partial charge in [0.05, 0.1) is 24.1 Å². The van der Waals surface area contributed by atoms with Gasteiger partial charge in [0.15, 0.2) is 0 Å². The Morgan fingerprint density at radius 2 is 1.95 bits per heavy atom. The summed E-state index contributed by atoms with van der Waals surface area (Å²) in [5, 5.41) is 8.13. The zero-order valence-corrected chi connectivity index (χ0v) is 22.3. The molecule has 4 aromatic rings. The molecule has 3 aromatic carbocycles. The van der Waals surface area contributed by atoms with Gasteiger partial charge >= 0.3 is 0 Å². The van der Waals surface area contributed by atoms with Gasteiger partial charge in [-0.1, -0.05) is 64.8 Å². The maximum absolute atomic E-state index is 13.1. The summed E-state index contributed by atoms with van der Waals surface area (Å²) in [6, 6.07) is 22.9. The Kier molecular flexibility index (Phi) is 8.58. The molecule has 1 atom stereocenters. The highest BCUT2D eigenvalue weighted by molar-refractivity contribution is 6.36. The van der Waals surface area contributed by atoms with Crippen molar-refractivity contribution in [3.63, 3.8) is 0 Å². The fraction of sp³-hybridized carbons (Fsp3) is 0.276. The summed E-state index contributed by atoms with van der Waals surface area (Å²) in [5.41, 5.74) is 2.61. The molecule has 1 N–H and O–H groups in total. The normalized spacial score (nSPS) is 15.8. The molecule has 1 unspecified atom stereocenters. The molecule has 0 spiro atoms. The van der Waals surface area contributed by atoms with Crippen LogP contribution < -0.4 is 10.1 Å². The van der Waals surface area contributed by atoms with E-state index in [1.807, 2.05) is 42.5 Å². The van der Waals surface area contributed by atoms with Crippen molar-refractivity contribution in [2.24, 2.45) is 5.92 Å². The van der Waals surface area contributed by atoms with Crippen LogP contribution in [0.1, 0.15) is 24.3 Å². The van der Waals surface area contributed by atoms with Gasteiger partial charge in [0.25, 0.3) is 0 Å². The third-order valence-electron chi connectivity index (χ3n) is 6.48. The molecule has 0 saturated carbocycles. The maximum Gasteiger partial charge on any atom is 0.241 e. The number of benzene rings is 3. The molecule has 5 rings (SSSR count). The highest BCUT2D eigenvalue weighted by Gasteiger charge is 2.27. The summed E-state index contributed by atoms with van der Waals surface area (Å²) in [6.45, 7) is 2.50. The van der Waals surface area contributed by atoms with E-state index >= 15 is 0 Å². The number of hydrogen-bond donors (Lipinski definition) is 1. The van der Waals surface area contributed by atoms with E-state index in [2.05, 4.69) is 32.5 Å². The van der Waals surface area contributed by atoms with Crippen LogP contribution in [0, 0.1) is 5.92 Å². The van der Waals surface area contributed by atoms with Gasteiger partial charge in [-0.25, -0.2) is 0 Å². The summed E-state index contributed by atoms with van der Waals surface area (Å²) >= 11 is 12.3. The Hall–Kier alpha value is -3.39. The minimum atomic E-state index is -0.139. The summed E-state index contributed by atoms with van der Waals surface area (Å²) < 4.78 is 11.4. The average Bonchev–Trinajstić information content (AvgIpc) is 3.37. The molecule has 9 heteroatoms. The van der Waals surface area contributed by atoms with Crippen LogP contribution in [0.25, 0.3) is 11.4 Å². The van der Waals surface area contributed by atoms with Gasteiger partial charge in [0, 0.05) is 35.3 Å². The standard InChI is InChI=1S/C29H28Cl2N4O3/c30-22-11-12-25(26(31)16-22)28-33-27(38-34-28)19-35-14-5-8-21(18-35)29(36)32-23-9-4-10-24(17-23)37-15-13-20-6-2-1-3-7-20/h1-4,6-7,9-12,16-17,21H,5,8,13-15,18-19H2,(H,32,36). The fourth-order valence-corrected chi connectivity index (χ4v) is 5.04. The number of carbonyl (C=O) groups is 1. The second-order valence-corrected chi connectivity index (χ2v) is 10.2. The number of hydrogen-bond acceptors (Lipinski definition) is 6. The quantitative estimate of drug-likeness (QED) is 0.255. The largest absolute Gasteiger partial charge is 0.493 e. The number of amides is 1. The van der Waals surface area contributed by atoms with Crippen LogP contribution in [0.2, 0.25) is 10.0 Å². The number of anilines is 1. The van der Waals surface area contributed by atoms with E-state index in [0.717, 1.165) is 37.2 Å². The number of rotatable bonds is 9. The number of ether oxygens (including phenoxy) is 1. The number of aromatic nitrogens is 2. The van der Waals surface area contributed by atoms with Gasteiger partial charge in [-0.05, 0) is 55.3 Å². The van der Waals surface area contributed by atoms with Crippen molar-refractivity contribution in [1.82, 2.24) is 15.0 Å². The van der Waals surface area contributed by atoms with E-state index in [1.54, 1.807) is 18.2 Å². The summed E-state index contributed by atoms with van der Waals surface area (Å²) in [5.74, 6) is 1.48. The maximum atomic E-state index is 13.1. The second kappa shape index (κ2) is 12.4. The Labute approximate surface area is 231 Å². The molecule has 1 aliphatic rings. The molecular formula is C29H28Cl2N4O3. The van der Waals surface area contributed by atoms with E-state index in [1.165, 1.54) is 5.56 Å².